The van der Waals surface area contributed by atoms with E-state index in [0.29, 0.717) is 5.25 Å². The SMILES string of the molecule is CC1SCCC1(CO)Nc1ccc(F)cc1. The highest BCUT2D eigenvalue weighted by molar-refractivity contribution is 8.00. The molecule has 0 saturated carbocycles. The minimum atomic E-state index is -0.261. The topological polar surface area (TPSA) is 32.3 Å². The lowest BCUT2D eigenvalue weighted by atomic mass is 9.93. The standard InChI is InChI=1S/C12H16FNOS/c1-9-12(8-15,6-7-16-9)14-11-4-2-10(13)3-5-11/h2-5,9,14-15H,6-8H2,1H3. The molecule has 1 aliphatic heterocycles. The Balaban J connectivity index is 2.15. The molecule has 0 bridgehead atoms. The molecule has 0 spiro atoms. The number of aliphatic hydroxyl groups is 1. The number of nitrogens with one attached hydrogen (secondary N) is 1. The Kier molecular flexibility index (Phi) is 3.40. The van der Waals surface area contributed by atoms with E-state index in [9.17, 15) is 9.50 Å². The van der Waals surface area contributed by atoms with Gasteiger partial charge in [-0.15, -0.1) is 0 Å². The van der Waals surface area contributed by atoms with E-state index in [-0.39, 0.29) is 18.0 Å². The predicted octanol–water partition coefficient (Wildman–Crippen LogP) is 2.49. The molecule has 1 heterocycles. The molecule has 1 aromatic rings. The molecule has 16 heavy (non-hydrogen) atoms. The lowest BCUT2D eigenvalue weighted by Gasteiger charge is -2.33. The van der Waals surface area contributed by atoms with Crippen molar-refractivity contribution in [1.82, 2.24) is 0 Å². The molecule has 88 valence electrons. The number of thioether (sulfide) groups is 1. The van der Waals surface area contributed by atoms with E-state index >= 15 is 0 Å². The average molecular weight is 241 g/mol. The third-order valence-electron chi connectivity index (χ3n) is 3.21. The Hall–Kier alpha value is -0.740. The van der Waals surface area contributed by atoms with Gasteiger partial charge in [-0.2, -0.15) is 11.8 Å². The molecular weight excluding hydrogens is 225 g/mol. The summed E-state index contributed by atoms with van der Waals surface area (Å²) in [4.78, 5) is 0. The van der Waals surface area contributed by atoms with Crippen molar-refractivity contribution < 1.29 is 9.50 Å². The zero-order valence-corrected chi connectivity index (χ0v) is 10.1. The number of anilines is 1. The van der Waals surface area contributed by atoms with Crippen LogP contribution in [0.15, 0.2) is 24.3 Å². The van der Waals surface area contributed by atoms with E-state index in [1.165, 1.54) is 12.1 Å². The predicted molar refractivity (Wildman–Crippen MR) is 66.4 cm³/mol. The van der Waals surface area contributed by atoms with Crippen LogP contribution in [-0.2, 0) is 0 Å². The number of rotatable bonds is 3. The molecule has 2 unspecified atom stereocenters. The third kappa shape index (κ3) is 2.18. The van der Waals surface area contributed by atoms with Gasteiger partial charge in [0.25, 0.3) is 0 Å². The van der Waals surface area contributed by atoms with Gasteiger partial charge in [0.15, 0.2) is 0 Å². The molecule has 0 amide bonds. The highest BCUT2D eigenvalue weighted by Gasteiger charge is 2.40. The molecule has 0 aromatic heterocycles. The van der Waals surface area contributed by atoms with Crippen LogP contribution in [0, 0.1) is 5.82 Å². The maximum atomic E-state index is 12.8. The minimum Gasteiger partial charge on any atom is -0.394 e. The molecule has 1 aromatic carbocycles. The van der Waals surface area contributed by atoms with Crippen molar-refractivity contribution in [3.8, 4) is 0 Å². The Bertz CT molecular complexity index is 357. The van der Waals surface area contributed by atoms with Crippen LogP contribution in [0.3, 0.4) is 0 Å². The summed E-state index contributed by atoms with van der Waals surface area (Å²) >= 11 is 1.85. The number of halogens is 1. The van der Waals surface area contributed by atoms with E-state index in [4.69, 9.17) is 0 Å². The fourth-order valence-corrected chi connectivity index (χ4v) is 3.42. The first-order chi connectivity index (χ1) is 7.66. The summed E-state index contributed by atoms with van der Waals surface area (Å²) in [6, 6.07) is 6.28. The molecule has 1 fully saturated rings. The summed E-state index contributed by atoms with van der Waals surface area (Å²) in [5.41, 5.74) is 0.604. The lowest BCUT2D eigenvalue weighted by molar-refractivity contribution is 0.212. The molecule has 2 atom stereocenters. The number of hydrogen-bond acceptors (Lipinski definition) is 3. The normalized spacial score (nSPS) is 29.3. The minimum absolute atomic E-state index is 0.110. The van der Waals surface area contributed by atoms with Crippen LogP contribution >= 0.6 is 11.8 Å². The summed E-state index contributed by atoms with van der Waals surface area (Å²) in [6.07, 6.45) is 0.937. The van der Waals surface area contributed by atoms with Crippen LogP contribution in [0.25, 0.3) is 0 Å². The zero-order chi connectivity index (χ0) is 11.6. The second-order valence-electron chi connectivity index (χ2n) is 4.21. The van der Waals surface area contributed by atoms with Gasteiger partial charge in [-0.25, -0.2) is 4.39 Å². The van der Waals surface area contributed by atoms with Crippen molar-refractivity contribution in [2.45, 2.75) is 24.1 Å². The van der Waals surface area contributed by atoms with Gasteiger partial charge >= 0.3 is 0 Å². The van der Waals surface area contributed by atoms with Crippen LogP contribution in [0.2, 0.25) is 0 Å². The second kappa shape index (κ2) is 4.63. The Morgan fingerprint density at radius 3 is 2.69 bits per heavy atom. The Morgan fingerprint density at radius 1 is 1.50 bits per heavy atom. The first-order valence-electron chi connectivity index (χ1n) is 5.42. The summed E-state index contributed by atoms with van der Waals surface area (Å²) in [6.45, 7) is 2.23. The maximum absolute atomic E-state index is 12.8. The number of aliphatic hydroxyl groups excluding tert-OH is 1. The number of hydrogen-bond donors (Lipinski definition) is 2. The van der Waals surface area contributed by atoms with Crippen molar-refractivity contribution in [3.05, 3.63) is 30.1 Å². The Labute approximate surface area is 99.2 Å². The van der Waals surface area contributed by atoms with Gasteiger partial charge in [-0.05, 0) is 36.4 Å². The van der Waals surface area contributed by atoms with E-state index in [2.05, 4.69) is 12.2 Å². The zero-order valence-electron chi connectivity index (χ0n) is 9.24. The largest absolute Gasteiger partial charge is 0.394 e. The van der Waals surface area contributed by atoms with E-state index in [1.54, 1.807) is 12.1 Å². The van der Waals surface area contributed by atoms with Crippen LogP contribution in [0.1, 0.15) is 13.3 Å². The number of benzene rings is 1. The molecule has 2 nitrogen and oxygen atoms in total. The average Bonchev–Trinajstić information content (AvgIpc) is 2.64. The highest BCUT2D eigenvalue weighted by Crippen LogP contribution is 2.37. The highest BCUT2D eigenvalue weighted by atomic mass is 32.2. The summed E-state index contributed by atoms with van der Waals surface area (Å²) in [5, 5.41) is 13.3. The second-order valence-corrected chi connectivity index (χ2v) is 5.66. The van der Waals surface area contributed by atoms with Gasteiger partial charge < -0.3 is 10.4 Å². The van der Waals surface area contributed by atoms with E-state index < -0.39 is 0 Å². The smallest absolute Gasteiger partial charge is 0.123 e. The fourth-order valence-electron chi connectivity index (χ4n) is 2.01. The molecule has 2 N–H and O–H groups in total. The van der Waals surface area contributed by atoms with Crippen LogP contribution < -0.4 is 5.32 Å². The Morgan fingerprint density at radius 2 is 2.19 bits per heavy atom. The fraction of sp³-hybridized carbons (Fsp3) is 0.500. The van der Waals surface area contributed by atoms with Crippen molar-refractivity contribution in [2.24, 2.45) is 0 Å². The van der Waals surface area contributed by atoms with Crippen molar-refractivity contribution in [2.75, 3.05) is 17.7 Å². The van der Waals surface area contributed by atoms with Gasteiger partial charge in [0.1, 0.15) is 5.82 Å². The van der Waals surface area contributed by atoms with Crippen LogP contribution in [-0.4, -0.2) is 28.3 Å². The van der Waals surface area contributed by atoms with Gasteiger partial charge in [0.05, 0.1) is 12.1 Å². The molecule has 1 saturated heterocycles. The summed E-state index contributed by atoms with van der Waals surface area (Å²) < 4.78 is 12.8. The van der Waals surface area contributed by atoms with Crippen molar-refractivity contribution in [1.29, 1.82) is 0 Å². The van der Waals surface area contributed by atoms with Crippen molar-refractivity contribution in [3.63, 3.8) is 0 Å². The van der Waals surface area contributed by atoms with E-state index in [1.807, 2.05) is 11.8 Å². The van der Waals surface area contributed by atoms with Gasteiger partial charge in [-0.1, -0.05) is 6.92 Å². The maximum Gasteiger partial charge on any atom is 0.123 e. The summed E-state index contributed by atoms with van der Waals surface area (Å²) in [7, 11) is 0. The molecule has 4 heteroatoms. The lowest BCUT2D eigenvalue weighted by Crippen LogP contribution is -2.46. The summed E-state index contributed by atoms with van der Waals surface area (Å²) in [5.74, 6) is 0.813. The van der Waals surface area contributed by atoms with E-state index in [0.717, 1.165) is 17.9 Å². The molecule has 1 aliphatic rings. The molecule has 0 aliphatic carbocycles. The van der Waals surface area contributed by atoms with Crippen molar-refractivity contribution >= 4 is 17.4 Å². The van der Waals surface area contributed by atoms with Crippen LogP contribution in [0.4, 0.5) is 10.1 Å². The first kappa shape index (κ1) is 11.7. The molecule has 2 rings (SSSR count). The quantitative estimate of drug-likeness (QED) is 0.852. The van der Waals surface area contributed by atoms with Gasteiger partial charge in [0, 0.05) is 10.9 Å². The molecule has 0 radical (unpaired) electrons. The first-order valence-corrected chi connectivity index (χ1v) is 6.47. The van der Waals surface area contributed by atoms with Crippen LogP contribution in [0.5, 0.6) is 0 Å². The third-order valence-corrected chi connectivity index (χ3v) is 4.60. The monoisotopic (exact) mass is 241 g/mol. The molecular formula is C12H16FNOS. The van der Waals surface area contributed by atoms with Gasteiger partial charge in [-0.3, -0.25) is 0 Å². The van der Waals surface area contributed by atoms with Gasteiger partial charge in [0.2, 0.25) is 0 Å².